The second-order valence-electron chi connectivity index (χ2n) is 5.29. The maximum Gasteiger partial charge on any atom is 0.220 e. The third-order valence-corrected chi connectivity index (χ3v) is 3.82. The minimum absolute atomic E-state index is 0. The Morgan fingerprint density at radius 2 is 1.67 bits per heavy atom. The molecule has 1 aliphatic rings. The summed E-state index contributed by atoms with van der Waals surface area (Å²) in [5.74, 6) is 0.0278. The van der Waals surface area contributed by atoms with Gasteiger partial charge in [0.2, 0.25) is 5.91 Å². The highest BCUT2D eigenvalue weighted by molar-refractivity contribution is 5.85. The topological polar surface area (TPSA) is 46.3 Å². The van der Waals surface area contributed by atoms with Gasteiger partial charge < -0.3 is 10.6 Å². The zero-order valence-electron chi connectivity index (χ0n) is 11.7. The third-order valence-electron chi connectivity index (χ3n) is 3.82. The van der Waals surface area contributed by atoms with Crippen molar-refractivity contribution in [3.63, 3.8) is 0 Å². The van der Waals surface area contributed by atoms with Crippen molar-refractivity contribution in [3.05, 3.63) is 0 Å². The van der Waals surface area contributed by atoms with Crippen LogP contribution in [0.5, 0.6) is 0 Å². The fraction of sp³-hybridized carbons (Fsp3) is 0.929. The highest BCUT2D eigenvalue weighted by Crippen LogP contribution is 2.17. The fourth-order valence-electron chi connectivity index (χ4n) is 2.56. The number of unbranched alkanes of at least 4 members (excludes halogenated alkanes) is 5. The van der Waals surface area contributed by atoms with Crippen LogP contribution in [0.3, 0.4) is 0 Å². The quantitative estimate of drug-likeness (QED) is 0.693. The van der Waals surface area contributed by atoms with Crippen molar-refractivity contribution in [3.8, 4) is 0 Å². The molecule has 1 aliphatic heterocycles. The van der Waals surface area contributed by atoms with Gasteiger partial charge in [0, 0.05) is 5.92 Å². The summed E-state index contributed by atoms with van der Waals surface area (Å²) in [6.45, 7) is 5.58. The van der Waals surface area contributed by atoms with Crippen molar-refractivity contribution in [1.82, 2.24) is 4.90 Å². The molecule has 1 saturated heterocycles. The Labute approximate surface area is 118 Å². The number of hydrogen-bond donors (Lipinski definition) is 1. The first-order chi connectivity index (χ1) is 8.24. The molecule has 4 heteroatoms. The Hall–Kier alpha value is -0.280. The van der Waals surface area contributed by atoms with Crippen molar-refractivity contribution < 1.29 is 4.79 Å². The minimum Gasteiger partial charge on any atom is -0.369 e. The van der Waals surface area contributed by atoms with Crippen LogP contribution in [-0.2, 0) is 4.79 Å². The molecule has 2 N–H and O–H groups in total. The van der Waals surface area contributed by atoms with Gasteiger partial charge in [-0.2, -0.15) is 0 Å². The van der Waals surface area contributed by atoms with E-state index in [1.54, 1.807) is 0 Å². The maximum absolute atomic E-state index is 11.0. The summed E-state index contributed by atoms with van der Waals surface area (Å²) >= 11 is 0. The molecule has 0 unspecified atom stereocenters. The Bertz CT molecular complexity index is 216. The lowest BCUT2D eigenvalue weighted by Crippen LogP contribution is -2.38. The van der Waals surface area contributed by atoms with E-state index in [0.29, 0.717) is 0 Å². The molecule has 1 amide bonds. The highest BCUT2D eigenvalue weighted by atomic mass is 35.5. The Kier molecular flexibility index (Phi) is 10.5. The number of piperidine rings is 1. The van der Waals surface area contributed by atoms with E-state index in [-0.39, 0.29) is 24.2 Å². The van der Waals surface area contributed by atoms with Crippen LogP contribution in [0.2, 0.25) is 0 Å². The van der Waals surface area contributed by atoms with Crippen LogP contribution in [0, 0.1) is 5.92 Å². The van der Waals surface area contributed by atoms with E-state index in [4.69, 9.17) is 5.73 Å². The van der Waals surface area contributed by atoms with Crippen molar-refractivity contribution in [2.45, 2.75) is 58.3 Å². The van der Waals surface area contributed by atoms with Gasteiger partial charge in [-0.3, -0.25) is 4.79 Å². The van der Waals surface area contributed by atoms with E-state index in [9.17, 15) is 4.79 Å². The van der Waals surface area contributed by atoms with Crippen LogP contribution in [-0.4, -0.2) is 30.4 Å². The Balaban J connectivity index is 0.00000289. The summed E-state index contributed by atoms with van der Waals surface area (Å²) in [4.78, 5) is 13.5. The molecule has 0 bridgehead atoms. The first-order valence-electron chi connectivity index (χ1n) is 7.25. The van der Waals surface area contributed by atoms with Crippen LogP contribution in [0.25, 0.3) is 0 Å². The Morgan fingerprint density at radius 1 is 1.11 bits per heavy atom. The van der Waals surface area contributed by atoms with Crippen LogP contribution in [0.4, 0.5) is 0 Å². The second kappa shape index (κ2) is 10.6. The lowest BCUT2D eigenvalue weighted by molar-refractivity contribution is -0.123. The SMILES string of the molecule is CCCCCCCCN1CCC(C(N)=O)CC1.Cl. The van der Waals surface area contributed by atoms with Gasteiger partial charge in [-0.1, -0.05) is 39.0 Å². The average Bonchev–Trinajstić information content (AvgIpc) is 2.34. The molecular weight excluding hydrogens is 248 g/mol. The average molecular weight is 277 g/mol. The van der Waals surface area contributed by atoms with Crippen molar-refractivity contribution in [1.29, 1.82) is 0 Å². The van der Waals surface area contributed by atoms with Crippen LogP contribution >= 0.6 is 12.4 Å². The van der Waals surface area contributed by atoms with E-state index in [1.165, 1.54) is 45.1 Å². The molecule has 0 aromatic carbocycles. The first-order valence-corrected chi connectivity index (χ1v) is 7.25. The summed E-state index contributed by atoms with van der Waals surface area (Å²) in [7, 11) is 0. The van der Waals surface area contributed by atoms with E-state index >= 15 is 0 Å². The number of likely N-dealkylation sites (tertiary alicyclic amines) is 1. The van der Waals surface area contributed by atoms with Gasteiger partial charge in [-0.15, -0.1) is 12.4 Å². The largest absolute Gasteiger partial charge is 0.369 e. The molecule has 108 valence electrons. The third kappa shape index (κ3) is 7.22. The smallest absolute Gasteiger partial charge is 0.220 e. The van der Waals surface area contributed by atoms with E-state index in [2.05, 4.69) is 11.8 Å². The Morgan fingerprint density at radius 3 is 2.22 bits per heavy atom. The zero-order chi connectivity index (χ0) is 12.5. The van der Waals surface area contributed by atoms with Crippen molar-refractivity contribution >= 4 is 18.3 Å². The summed E-state index contributed by atoms with van der Waals surface area (Å²) in [6.07, 6.45) is 10.1. The van der Waals surface area contributed by atoms with Crippen LogP contribution in [0.1, 0.15) is 58.3 Å². The minimum atomic E-state index is -0.107. The van der Waals surface area contributed by atoms with Crippen LogP contribution < -0.4 is 5.73 Å². The van der Waals surface area contributed by atoms with Gasteiger partial charge in [-0.05, 0) is 38.9 Å². The van der Waals surface area contributed by atoms with E-state index < -0.39 is 0 Å². The molecule has 0 atom stereocenters. The standard InChI is InChI=1S/C14H28N2O.ClH/c1-2-3-4-5-6-7-10-16-11-8-13(9-12-16)14(15)17;/h13H,2-12H2,1H3,(H2,15,17);1H. The van der Waals surface area contributed by atoms with Crippen molar-refractivity contribution in [2.24, 2.45) is 11.7 Å². The highest BCUT2D eigenvalue weighted by Gasteiger charge is 2.22. The van der Waals surface area contributed by atoms with E-state index in [1.807, 2.05) is 0 Å². The number of rotatable bonds is 8. The second-order valence-corrected chi connectivity index (χ2v) is 5.29. The molecular formula is C14H29ClN2O. The molecule has 0 saturated carbocycles. The van der Waals surface area contributed by atoms with E-state index in [0.717, 1.165) is 25.9 Å². The summed E-state index contributed by atoms with van der Waals surface area (Å²) < 4.78 is 0. The van der Waals surface area contributed by atoms with Gasteiger partial charge in [0.25, 0.3) is 0 Å². The summed E-state index contributed by atoms with van der Waals surface area (Å²) in [5, 5.41) is 0. The molecule has 1 rings (SSSR count). The van der Waals surface area contributed by atoms with Gasteiger partial charge in [0.15, 0.2) is 0 Å². The number of carbonyl (C=O) groups is 1. The molecule has 0 spiro atoms. The molecule has 1 fully saturated rings. The zero-order valence-corrected chi connectivity index (χ0v) is 12.5. The van der Waals surface area contributed by atoms with Crippen LogP contribution in [0.15, 0.2) is 0 Å². The summed E-state index contributed by atoms with van der Waals surface area (Å²) in [5.41, 5.74) is 5.32. The summed E-state index contributed by atoms with van der Waals surface area (Å²) in [6, 6.07) is 0. The number of primary amides is 1. The molecule has 1 heterocycles. The predicted molar refractivity (Wildman–Crippen MR) is 79.0 cm³/mol. The lowest BCUT2D eigenvalue weighted by atomic mass is 9.96. The molecule has 0 aliphatic carbocycles. The van der Waals surface area contributed by atoms with Crippen molar-refractivity contribution in [2.75, 3.05) is 19.6 Å². The first kappa shape index (κ1) is 17.7. The monoisotopic (exact) mass is 276 g/mol. The lowest BCUT2D eigenvalue weighted by Gasteiger charge is -2.30. The fourth-order valence-corrected chi connectivity index (χ4v) is 2.56. The molecule has 3 nitrogen and oxygen atoms in total. The number of nitrogens with two attached hydrogens (primary N) is 1. The number of hydrogen-bond acceptors (Lipinski definition) is 2. The molecule has 0 aromatic heterocycles. The molecule has 0 radical (unpaired) electrons. The van der Waals surface area contributed by atoms with Gasteiger partial charge in [-0.25, -0.2) is 0 Å². The number of halogens is 1. The van der Waals surface area contributed by atoms with Gasteiger partial charge in [0.05, 0.1) is 0 Å². The maximum atomic E-state index is 11.0. The predicted octanol–water partition coefficient (Wildman–Crippen LogP) is 2.97. The number of nitrogens with zero attached hydrogens (tertiary/aromatic N) is 1. The molecule has 0 aromatic rings. The normalized spacial score (nSPS) is 17.4. The number of carbonyl (C=O) groups excluding carboxylic acids is 1. The molecule has 18 heavy (non-hydrogen) atoms. The number of amides is 1. The van der Waals surface area contributed by atoms with Gasteiger partial charge >= 0.3 is 0 Å². The van der Waals surface area contributed by atoms with Gasteiger partial charge in [0.1, 0.15) is 0 Å².